The highest BCUT2D eigenvalue weighted by Crippen LogP contribution is 2.41. The zero-order chi connectivity index (χ0) is 12.8. The van der Waals surface area contributed by atoms with Gasteiger partial charge in [-0.15, -0.1) is 0 Å². The molecule has 1 aromatic carbocycles. The van der Waals surface area contributed by atoms with Crippen molar-refractivity contribution in [2.75, 3.05) is 0 Å². The first kappa shape index (κ1) is 11.2. The predicted molar refractivity (Wildman–Crippen MR) is 79.2 cm³/mol. The van der Waals surface area contributed by atoms with Crippen molar-refractivity contribution in [3.63, 3.8) is 0 Å². The van der Waals surface area contributed by atoms with Crippen LogP contribution in [0.2, 0.25) is 0 Å². The number of rotatable bonds is 3. The molecule has 0 amide bonds. The fourth-order valence-electron chi connectivity index (χ4n) is 2.57. The van der Waals surface area contributed by atoms with Crippen molar-refractivity contribution in [2.24, 2.45) is 5.73 Å². The van der Waals surface area contributed by atoms with Crippen molar-refractivity contribution < 1.29 is 0 Å². The molecule has 1 aliphatic rings. The van der Waals surface area contributed by atoms with Crippen LogP contribution in [0.5, 0.6) is 0 Å². The lowest BCUT2D eigenvalue weighted by Gasteiger charge is -2.06. The van der Waals surface area contributed by atoms with Gasteiger partial charge in [-0.25, -0.2) is 4.98 Å². The molecule has 19 heavy (non-hydrogen) atoms. The van der Waals surface area contributed by atoms with Crippen molar-refractivity contribution in [3.05, 3.63) is 40.6 Å². The fraction of sp³-hybridized carbons (Fsp3) is 0.267. The summed E-state index contributed by atoms with van der Waals surface area (Å²) in [6.07, 6.45) is 2.53. The summed E-state index contributed by atoms with van der Waals surface area (Å²) < 4.78 is 2.40. The molecule has 0 atom stereocenters. The lowest BCUT2D eigenvalue weighted by atomic mass is 10.2. The first-order chi connectivity index (χ1) is 9.36. The largest absolute Gasteiger partial charge is 0.326 e. The number of thiophene rings is 1. The van der Waals surface area contributed by atoms with Crippen LogP contribution in [0.15, 0.2) is 35.0 Å². The molecule has 0 spiro atoms. The average Bonchev–Trinajstić information content (AvgIpc) is 3.01. The number of hydrogen-bond acceptors (Lipinski definition) is 3. The van der Waals surface area contributed by atoms with E-state index < -0.39 is 0 Å². The SMILES string of the molecule is NCc1ccc2c(c1)nc(-c1ccsc1)n2C1CC1. The van der Waals surface area contributed by atoms with E-state index in [9.17, 15) is 0 Å². The topological polar surface area (TPSA) is 43.8 Å². The van der Waals surface area contributed by atoms with E-state index in [0.29, 0.717) is 12.6 Å². The smallest absolute Gasteiger partial charge is 0.142 e. The van der Waals surface area contributed by atoms with E-state index in [0.717, 1.165) is 16.9 Å². The maximum atomic E-state index is 5.72. The summed E-state index contributed by atoms with van der Waals surface area (Å²) in [6.45, 7) is 0.569. The Balaban J connectivity index is 1.98. The molecular formula is C15H15N3S. The average molecular weight is 269 g/mol. The Morgan fingerprint density at radius 1 is 1.32 bits per heavy atom. The quantitative estimate of drug-likeness (QED) is 0.790. The Hall–Kier alpha value is -1.65. The third-order valence-electron chi connectivity index (χ3n) is 3.68. The third-order valence-corrected chi connectivity index (χ3v) is 4.36. The molecular weight excluding hydrogens is 254 g/mol. The number of imidazole rings is 1. The highest BCUT2D eigenvalue weighted by Gasteiger charge is 2.28. The van der Waals surface area contributed by atoms with Gasteiger partial charge in [0.1, 0.15) is 5.82 Å². The molecule has 1 saturated carbocycles. The molecule has 0 radical (unpaired) electrons. The molecule has 0 unspecified atom stereocenters. The van der Waals surface area contributed by atoms with Crippen molar-refractivity contribution in [1.82, 2.24) is 9.55 Å². The third kappa shape index (κ3) is 1.79. The summed E-state index contributed by atoms with van der Waals surface area (Å²) in [5.41, 5.74) is 10.4. The van der Waals surface area contributed by atoms with E-state index in [4.69, 9.17) is 10.7 Å². The van der Waals surface area contributed by atoms with Gasteiger partial charge in [0.25, 0.3) is 0 Å². The second-order valence-corrected chi connectivity index (χ2v) is 5.86. The first-order valence-corrected chi connectivity index (χ1v) is 7.54. The van der Waals surface area contributed by atoms with Gasteiger partial charge >= 0.3 is 0 Å². The van der Waals surface area contributed by atoms with E-state index in [-0.39, 0.29) is 0 Å². The van der Waals surface area contributed by atoms with E-state index in [1.54, 1.807) is 11.3 Å². The Bertz CT molecular complexity index is 723. The van der Waals surface area contributed by atoms with Crippen LogP contribution in [0.25, 0.3) is 22.4 Å². The Morgan fingerprint density at radius 3 is 2.89 bits per heavy atom. The molecule has 2 N–H and O–H groups in total. The molecule has 2 aromatic heterocycles. The summed E-state index contributed by atoms with van der Waals surface area (Å²) in [7, 11) is 0. The van der Waals surface area contributed by atoms with Crippen LogP contribution in [0.1, 0.15) is 24.4 Å². The minimum absolute atomic E-state index is 0.569. The highest BCUT2D eigenvalue weighted by atomic mass is 32.1. The molecule has 4 heteroatoms. The number of fused-ring (bicyclic) bond motifs is 1. The molecule has 2 heterocycles. The molecule has 4 rings (SSSR count). The summed E-state index contributed by atoms with van der Waals surface area (Å²) in [5.74, 6) is 1.10. The second-order valence-electron chi connectivity index (χ2n) is 5.08. The van der Waals surface area contributed by atoms with Crippen LogP contribution in [0, 0.1) is 0 Å². The molecule has 96 valence electrons. The minimum atomic E-state index is 0.569. The van der Waals surface area contributed by atoms with Crippen molar-refractivity contribution >= 4 is 22.4 Å². The standard InChI is InChI=1S/C15H15N3S/c16-8-10-1-4-14-13(7-10)17-15(11-5-6-19-9-11)18(14)12-2-3-12/h1,4-7,9,12H,2-3,8,16H2. The number of benzene rings is 1. The Kier molecular flexibility index (Phi) is 2.47. The van der Waals surface area contributed by atoms with Gasteiger partial charge in [-0.1, -0.05) is 6.07 Å². The number of nitrogens with two attached hydrogens (primary N) is 1. The molecule has 0 aliphatic heterocycles. The monoisotopic (exact) mass is 269 g/mol. The molecule has 3 aromatic rings. The maximum Gasteiger partial charge on any atom is 0.142 e. The Morgan fingerprint density at radius 2 is 2.21 bits per heavy atom. The van der Waals surface area contributed by atoms with Gasteiger partial charge in [0, 0.05) is 23.5 Å². The van der Waals surface area contributed by atoms with Gasteiger partial charge < -0.3 is 10.3 Å². The number of aromatic nitrogens is 2. The van der Waals surface area contributed by atoms with Gasteiger partial charge in [-0.2, -0.15) is 11.3 Å². The molecule has 1 aliphatic carbocycles. The van der Waals surface area contributed by atoms with Crippen molar-refractivity contribution in [3.8, 4) is 11.4 Å². The number of nitrogens with zero attached hydrogens (tertiary/aromatic N) is 2. The van der Waals surface area contributed by atoms with Crippen LogP contribution < -0.4 is 5.73 Å². The summed E-state index contributed by atoms with van der Waals surface area (Å²) in [4.78, 5) is 4.84. The van der Waals surface area contributed by atoms with Gasteiger partial charge in [0.05, 0.1) is 11.0 Å². The summed E-state index contributed by atoms with van der Waals surface area (Å²) in [5, 5.41) is 4.28. The van der Waals surface area contributed by atoms with Crippen molar-refractivity contribution in [2.45, 2.75) is 25.4 Å². The molecule has 0 bridgehead atoms. The van der Waals surface area contributed by atoms with E-state index >= 15 is 0 Å². The van der Waals surface area contributed by atoms with E-state index in [1.165, 1.54) is 23.9 Å². The van der Waals surface area contributed by atoms with E-state index in [2.05, 4.69) is 39.6 Å². The Labute approximate surface area is 115 Å². The summed E-state index contributed by atoms with van der Waals surface area (Å²) in [6, 6.07) is 9.17. The predicted octanol–water partition coefficient (Wildman–Crippen LogP) is 3.56. The molecule has 3 nitrogen and oxygen atoms in total. The van der Waals surface area contributed by atoms with Crippen LogP contribution in [-0.2, 0) is 6.54 Å². The molecule has 0 saturated heterocycles. The highest BCUT2D eigenvalue weighted by molar-refractivity contribution is 7.08. The molecule has 1 fully saturated rings. The second kappa shape index (κ2) is 4.18. The van der Waals surface area contributed by atoms with Crippen LogP contribution in [0.3, 0.4) is 0 Å². The lowest BCUT2D eigenvalue weighted by molar-refractivity contribution is 0.775. The van der Waals surface area contributed by atoms with Crippen LogP contribution >= 0.6 is 11.3 Å². The lowest BCUT2D eigenvalue weighted by Crippen LogP contribution is -1.97. The normalized spacial score (nSPS) is 15.2. The zero-order valence-electron chi connectivity index (χ0n) is 10.5. The number of hydrogen-bond donors (Lipinski definition) is 1. The van der Waals surface area contributed by atoms with Gasteiger partial charge in [-0.3, -0.25) is 0 Å². The van der Waals surface area contributed by atoms with Crippen LogP contribution in [0.4, 0.5) is 0 Å². The van der Waals surface area contributed by atoms with Crippen LogP contribution in [-0.4, -0.2) is 9.55 Å². The van der Waals surface area contributed by atoms with E-state index in [1.807, 2.05) is 0 Å². The van der Waals surface area contributed by atoms with Gasteiger partial charge in [-0.05, 0) is 42.0 Å². The minimum Gasteiger partial charge on any atom is -0.326 e. The van der Waals surface area contributed by atoms with Crippen molar-refractivity contribution in [1.29, 1.82) is 0 Å². The first-order valence-electron chi connectivity index (χ1n) is 6.60. The van der Waals surface area contributed by atoms with Gasteiger partial charge in [0.15, 0.2) is 0 Å². The fourth-order valence-corrected chi connectivity index (χ4v) is 3.20. The van der Waals surface area contributed by atoms with Gasteiger partial charge in [0.2, 0.25) is 0 Å². The summed E-state index contributed by atoms with van der Waals surface area (Å²) >= 11 is 1.72. The maximum absolute atomic E-state index is 5.72. The zero-order valence-corrected chi connectivity index (χ0v) is 11.4.